The summed E-state index contributed by atoms with van der Waals surface area (Å²) in [5.74, 6) is 0.376. The minimum absolute atomic E-state index is 0.203. The standard InChI is InChI=1S/C14H18N4O3/c1-7(2)13-17-10-6-9(4-5-11(10)21-13)16-8(3)12(19)18-14(15)20/h4-8,16H,1-3H3,(H3,15,18,19,20). The summed E-state index contributed by atoms with van der Waals surface area (Å²) in [6, 6.07) is 3.88. The van der Waals surface area contributed by atoms with Crippen molar-refractivity contribution in [1.29, 1.82) is 0 Å². The highest BCUT2D eigenvalue weighted by atomic mass is 16.3. The largest absolute Gasteiger partial charge is 0.440 e. The van der Waals surface area contributed by atoms with Gasteiger partial charge in [-0.2, -0.15) is 0 Å². The number of nitrogens with two attached hydrogens (primary N) is 1. The van der Waals surface area contributed by atoms with Gasteiger partial charge in [0, 0.05) is 11.6 Å². The Morgan fingerprint density at radius 2 is 2.00 bits per heavy atom. The van der Waals surface area contributed by atoms with Gasteiger partial charge in [-0.25, -0.2) is 9.78 Å². The van der Waals surface area contributed by atoms with Crippen LogP contribution in [0.15, 0.2) is 22.6 Å². The van der Waals surface area contributed by atoms with Crippen LogP contribution in [0.25, 0.3) is 11.1 Å². The number of fused-ring (bicyclic) bond motifs is 1. The van der Waals surface area contributed by atoms with Crippen molar-refractivity contribution in [3.63, 3.8) is 0 Å². The molecule has 0 aliphatic heterocycles. The lowest BCUT2D eigenvalue weighted by Gasteiger charge is -2.13. The Balaban J connectivity index is 2.15. The highest BCUT2D eigenvalue weighted by molar-refractivity contribution is 5.97. The Labute approximate surface area is 121 Å². The smallest absolute Gasteiger partial charge is 0.318 e. The molecule has 1 atom stereocenters. The summed E-state index contributed by atoms with van der Waals surface area (Å²) < 4.78 is 5.61. The first-order valence-corrected chi connectivity index (χ1v) is 6.64. The molecule has 0 saturated heterocycles. The molecule has 0 aliphatic carbocycles. The maximum atomic E-state index is 11.6. The van der Waals surface area contributed by atoms with Gasteiger partial charge in [-0.05, 0) is 25.1 Å². The number of primary amides is 1. The lowest BCUT2D eigenvalue weighted by atomic mass is 10.2. The summed E-state index contributed by atoms with van der Waals surface area (Å²) in [6.07, 6.45) is 0. The third kappa shape index (κ3) is 3.50. The predicted octanol–water partition coefficient (Wildman–Crippen LogP) is 1.95. The van der Waals surface area contributed by atoms with Gasteiger partial charge in [0.15, 0.2) is 11.5 Å². The normalized spacial score (nSPS) is 12.4. The fraction of sp³-hybridized carbons (Fsp3) is 0.357. The third-order valence-corrected chi connectivity index (χ3v) is 2.92. The molecule has 2 rings (SSSR count). The molecule has 0 spiro atoms. The van der Waals surface area contributed by atoms with Gasteiger partial charge in [0.05, 0.1) is 0 Å². The van der Waals surface area contributed by atoms with Crippen molar-refractivity contribution in [2.45, 2.75) is 32.7 Å². The van der Waals surface area contributed by atoms with Crippen LogP contribution in [0, 0.1) is 0 Å². The number of nitrogens with one attached hydrogen (secondary N) is 2. The summed E-state index contributed by atoms with van der Waals surface area (Å²) in [5, 5.41) is 5.00. The Bertz CT molecular complexity index is 678. The molecule has 112 valence electrons. The molecule has 0 bridgehead atoms. The number of hydrogen-bond acceptors (Lipinski definition) is 5. The van der Waals surface area contributed by atoms with E-state index >= 15 is 0 Å². The number of amides is 3. The minimum Gasteiger partial charge on any atom is -0.440 e. The van der Waals surface area contributed by atoms with Crippen molar-refractivity contribution >= 4 is 28.7 Å². The Morgan fingerprint density at radius 1 is 1.29 bits per heavy atom. The van der Waals surface area contributed by atoms with Crippen molar-refractivity contribution < 1.29 is 14.0 Å². The molecule has 0 fully saturated rings. The fourth-order valence-electron chi connectivity index (χ4n) is 1.83. The molecule has 1 aromatic heterocycles. The van der Waals surface area contributed by atoms with Crippen LogP contribution >= 0.6 is 0 Å². The number of carbonyl (C=O) groups is 2. The van der Waals surface area contributed by atoms with E-state index in [2.05, 4.69) is 10.3 Å². The van der Waals surface area contributed by atoms with E-state index < -0.39 is 18.0 Å². The number of carbonyl (C=O) groups excluding carboxylic acids is 2. The molecule has 1 aromatic carbocycles. The van der Waals surface area contributed by atoms with Crippen LogP contribution in [0.3, 0.4) is 0 Å². The van der Waals surface area contributed by atoms with E-state index in [9.17, 15) is 9.59 Å². The number of imide groups is 1. The maximum absolute atomic E-state index is 11.6. The Morgan fingerprint density at radius 3 is 2.62 bits per heavy atom. The molecule has 21 heavy (non-hydrogen) atoms. The van der Waals surface area contributed by atoms with Crippen molar-refractivity contribution in [2.24, 2.45) is 5.73 Å². The zero-order valence-electron chi connectivity index (χ0n) is 12.1. The van der Waals surface area contributed by atoms with Gasteiger partial charge in [-0.15, -0.1) is 0 Å². The van der Waals surface area contributed by atoms with Crippen molar-refractivity contribution in [2.75, 3.05) is 5.32 Å². The molecular formula is C14H18N4O3. The van der Waals surface area contributed by atoms with E-state index in [0.29, 0.717) is 22.7 Å². The average molecular weight is 290 g/mol. The van der Waals surface area contributed by atoms with Crippen LogP contribution < -0.4 is 16.4 Å². The number of benzene rings is 1. The number of nitrogens with zero attached hydrogens (tertiary/aromatic N) is 1. The van der Waals surface area contributed by atoms with E-state index in [1.165, 1.54) is 0 Å². The van der Waals surface area contributed by atoms with Crippen LogP contribution in [0.2, 0.25) is 0 Å². The zero-order valence-corrected chi connectivity index (χ0v) is 12.1. The van der Waals surface area contributed by atoms with Crippen LogP contribution in [-0.4, -0.2) is 23.0 Å². The number of oxazole rings is 1. The summed E-state index contributed by atoms with van der Waals surface area (Å²) in [7, 11) is 0. The third-order valence-electron chi connectivity index (χ3n) is 2.92. The highest BCUT2D eigenvalue weighted by Crippen LogP contribution is 2.24. The predicted molar refractivity (Wildman–Crippen MR) is 78.9 cm³/mol. The quantitative estimate of drug-likeness (QED) is 0.797. The Hall–Kier alpha value is -2.57. The van der Waals surface area contributed by atoms with E-state index in [0.717, 1.165) is 0 Å². The molecule has 2 aromatic rings. The molecule has 7 nitrogen and oxygen atoms in total. The first kappa shape index (κ1) is 14.8. The monoisotopic (exact) mass is 290 g/mol. The molecule has 1 unspecified atom stereocenters. The topological polar surface area (TPSA) is 110 Å². The zero-order chi connectivity index (χ0) is 15.6. The van der Waals surface area contributed by atoms with Gasteiger partial charge in [0.1, 0.15) is 11.6 Å². The van der Waals surface area contributed by atoms with Gasteiger partial charge >= 0.3 is 6.03 Å². The van der Waals surface area contributed by atoms with E-state index in [-0.39, 0.29) is 5.92 Å². The van der Waals surface area contributed by atoms with Crippen molar-refractivity contribution in [3.05, 3.63) is 24.1 Å². The molecule has 4 N–H and O–H groups in total. The molecule has 1 heterocycles. The maximum Gasteiger partial charge on any atom is 0.318 e. The number of hydrogen-bond donors (Lipinski definition) is 3. The molecule has 0 radical (unpaired) electrons. The molecule has 0 saturated carbocycles. The van der Waals surface area contributed by atoms with Gasteiger partial charge in [0.2, 0.25) is 5.91 Å². The van der Waals surface area contributed by atoms with Gasteiger partial charge in [0.25, 0.3) is 0 Å². The van der Waals surface area contributed by atoms with Crippen molar-refractivity contribution in [3.8, 4) is 0 Å². The number of rotatable bonds is 4. The molecule has 0 aliphatic rings. The minimum atomic E-state index is -0.873. The van der Waals surface area contributed by atoms with Crippen LogP contribution in [0.5, 0.6) is 0 Å². The SMILES string of the molecule is CC(Nc1ccc2oc(C(C)C)nc2c1)C(=O)NC(N)=O. The first-order valence-electron chi connectivity index (χ1n) is 6.64. The second-order valence-corrected chi connectivity index (χ2v) is 5.11. The summed E-state index contributed by atoms with van der Waals surface area (Å²) in [6.45, 7) is 5.63. The number of aromatic nitrogens is 1. The van der Waals surface area contributed by atoms with Crippen LogP contribution in [-0.2, 0) is 4.79 Å². The summed E-state index contributed by atoms with van der Waals surface area (Å²) in [4.78, 5) is 26.6. The van der Waals surface area contributed by atoms with Crippen LogP contribution in [0.4, 0.5) is 10.5 Å². The second kappa shape index (κ2) is 5.82. The van der Waals surface area contributed by atoms with E-state index in [1.54, 1.807) is 25.1 Å². The average Bonchev–Trinajstić information content (AvgIpc) is 2.81. The van der Waals surface area contributed by atoms with E-state index in [1.807, 2.05) is 19.2 Å². The number of urea groups is 1. The Kier molecular flexibility index (Phi) is 4.11. The fourth-order valence-corrected chi connectivity index (χ4v) is 1.83. The number of anilines is 1. The molecular weight excluding hydrogens is 272 g/mol. The van der Waals surface area contributed by atoms with E-state index in [4.69, 9.17) is 10.2 Å². The summed E-state index contributed by atoms with van der Waals surface area (Å²) >= 11 is 0. The van der Waals surface area contributed by atoms with Gasteiger partial charge in [-0.1, -0.05) is 13.8 Å². The van der Waals surface area contributed by atoms with Gasteiger partial charge in [-0.3, -0.25) is 10.1 Å². The molecule has 3 amide bonds. The first-order chi connectivity index (χ1) is 9.86. The van der Waals surface area contributed by atoms with Crippen molar-refractivity contribution in [1.82, 2.24) is 10.3 Å². The molecule has 7 heteroatoms. The highest BCUT2D eigenvalue weighted by Gasteiger charge is 2.15. The lowest BCUT2D eigenvalue weighted by molar-refractivity contribution is -0.120. The van der Waals surface area contributed by atoms with Crippen LogP contribution in [0.1, 0.15) is 32.6 Å². The second-order valence-electron chi connectivity index (χ2n) is 5.11. The summed E-state index contributed by atoms with van der Waals surface area (Å²) in [5.41, 5.74) is 7.02. The lowest BCUT2D eigenvalue weighted by Crippen LogP contribution is -2.43. The van der Waals surface area contributed by atoms with Gasteiger partial charge < -0.3 is 15.5 Å².